The molecule has 0 radical (unpaired) electrons. The zero-order valence-corrected chi connectivity index (χ0v) is 13.2. The van der Waals surface area contributed by atoms with Crippen LogP contribution in [-0.4, -0.2) is 38.2 Å². The van der Waals surface area contributed by atoms with Crippen molar-refractivity contribution in [1.82, 2.24) is 4.90 Å². The van der Waals surface area contributed by atoms with Crippen LogP contribution in [0.4, 0.5) is 10.5 Å². The maximum absolute atomic E-state index is 12.0. The summed E-state index contributed by atoms with van der Waals surface area (Å²) in [6, 6.07) is 3.35. The number of ether oxygens (including phenoxy) is 2. The number of carbonyl (C=O) groups is 1. The molecule has 6 heteroatoms. The summed E-state index contributed by atoms with van der Waals surface area (Å²) >= 11 is 3.40. The summed E-state index contributed by atoms with van der Waals surface area (Å²) in [4.78, 5) is 13.7. The van der Waals surface area contributed by atoms with Crippen LogP contribution in [0.2, 0.25) is 0 Å². The SMILES string of the molecule is CCN(CC)C(=O)Nc1cc(OC)c(OC)cc1Br. The monoisotopic (exact) mass is 330 g/mol. The lowest BCUT2D eigenvalue weighted by molar-refractivity contribution is 0.217. The van der Waals surface area contributed by atoms with E-state index in [1.807, 2.05) is 13.8 Å². The molecule has 1 aromatic carbocycles. The van der Waals surface area contributed by atoms with Crippen LogP contribution in [0.1, 0.15) is 13.8 Å². The number of rotatable bonds is 5. The minimum Gasteiger partial charge on any atom is -0.493 e. The first-order valence-corrected chi connectivity index (χ1v) is 6.84. The molecule has 0 aliphatic heterocycles. The van der Waals surface area contributed by atoms with E-state index < -0.39 is 0 Å². The first-order chi connectivity index (χ1) is 9.07. The summed E-state index contributed by atoms with van der Waals surface area (Å²) in [6.07, 6.45) is 0. The molecule has 0 atom stereocenters. The lowest BCUT2D eigenvalue weighted by Crippen LogP contribution is -2.34. The highest BCUT2D eigenvalue weighted by molar-refractivity contribution is 9.10. The molecular formula is C13H19BrN2O3. The normalized spacial score (nSPS) is 9.95. The molecule has 0 spiro atoms. The maximum Gasteiger partial charge on any atom is 0.321 e. The molecule has 19 heavy (non-hydrogen) atoms. The van der Waals surface area contributed by atoms with Gasteiger partial charge in [0.25, 0.3) is 0 Å². The van der Waals surface area contributed by atoms with Gasteiger partial charge in [0.2, 0.25) is 0 Å². The number of methoxy groups -OCH3 is 2. The Bertz CT molecular complexity index is 448. The van der Waals surface area contributed by atoms with Crippen molar-refractivity contribution in [3.8, 4) is 11.5 Å². The third-order valence-corrected chi connectivity index (χ3v) is 3.42. The highest BCUT2D eigenvalue weighted by atomic mass is 79.9. The van der Waals surface area contributed by atoms with Crippen LogP contribution < -0.4 is 14.8 Å². The number of nitrogens with zero attached hydrogens (tertiary/aromatic N) is 1. The number of carbonyl (C=O) groups excluding carboxylic acids is 1. The van der Waals surface area contributed by atoms with Gasteiger partial charge in [-0.1, -0.05) is 0 Å². The molecule has 0 aromatic heterocycles. The Morgan fingerprint density at radius 1 is 1.21 bits per heavy atom. The number of anilines is 1. The average molecular weight is 331 g/mol. The fraction of sp³-hybridized carbons (Fsp3) is 0.462. The van der Waals surface area contributed by atoms with Crippen molar-refractivity contribution in [2.24, 2.45) is 0 Å². The van der Waals surface area contributed by atoms with Gasteiger partial charge in [0, 0.05) is 29.7 Å². The van der Waals surface area contributed by atoms with E-state index in [0.717, 1.165) is 4.47 Å². The molecule has 106 valence electrons. The molecular weight excluding hydrogens is 312 g/mol. The summed E-state index contributed by atoms with van der Waals surface area (Å²) in [5.41, 5.74) is 0.648. The third kappa shape index (κ3) is 3.76. The number of nitrogens with one attached hydrogen (secondary N) is 1. The molecule has 1 N–H and O–H groups in total. The van der Waals surface area contributed by atoms with Crippen LogP contribution in [0.25, 0.3) is 0 Å². The summed E-state index contributed by atoms with van der Waals surface area (Å²) in [5.74, 6) is 1.18. The highest BCUT2D eigenvalue weighted by Gasteiger charge is 2.14. The van der Waals surface area contributed by atoms with Gasteiger partial charge < -0.3 is 19.7 Å². The quantitative estimate of drug-likeness (QED) is 0.900. The van der Waals surface area contributed by atoms with Gasteiger partial charge in [0.15, 0.2) is 11.5 Å². The Morgan fingerprint density at radius 3 is 2.21 bits per heavy atom. The van der Waals surface area contributed by atoms with Crippen molar-refractivity contribution < 1.29 is 14.3 Å². The van der Waals surface area contributed by atoms with E-state index in [1.165, 1.54) is 0 Å². The topological polar surface area (TPSA) is 50.8 Å². The van der Waals surface area contributed by atoms with Gasteiger partial charge in [0.1, 0.15) is 0 Å². The lowest BCUT2D eigenvalue weighted by atomic mass is 10.2. The van der Waals surface area contributed by atoms with Gasteiger partial charge >= 0.3 is 6.03 Å². The van der Waals surface area contributed by atoms with E-state index in [1.54, 1.807) is 31.3 Å². The van der Waals surface area contributed by atoms with Crippen LogP contribution in [0.5, 0.6) is 11.5 Å². The van der Waals surface area contributed by atoms with E-state index in [4.69, 9.17) is 9.47 Å². The van der Waals surface area contributed by atoms with Crippen LogP contribution in [-0.2, 0) is 0 Å². The molecule has 0 bridgehead atoms. The van der Waals surface area contributed by atoms with E-state index >= 15 is 0 Å². The summed E-state index contributed by atoms with van der Waals surface area (Å²) in [7, 11) is 3.13. The average Bonchev–Trinajstić information content (AvgIpc) is 2.41. The zero-order chi connectivity index (χ0) is 14.4. The molecule has 0 aliphatic rings. The summed E-state index contributed by atoms with van der Waals surface area (Å²) in [6.45, 7) is 5.19. The van der Waals surface area contributed by atoms with Crippen LogP contribution >= 0.6 is 15.9 Å². The zero-order valence-electron chi connectivity index (χ0n) is 11.6. The highest BCUT2D eigenvalue weighted by Crippen LogP contribution is 2.36. The molecule has 1 rings (SSSR count). The second kappa shape index (κ2) is 7.23. The van der Waals surface area contributed by atoms with Crippen molar-refractivity contribution >= 4 is 27.6 Å². The van der Waals surface area contributed by atoms with Crippen LogP contribution in [0.3, 0.4) is 0 Å². The van der Waals surface area contributed by atoms with E-state index in [0.29, 0.717) is 30.3 Å². The Labute approximate surface area is 122 Å². The van der Waals surface area contributed by atoms with E-state index in [2.05, 4.69) is 21.2 Å². The lowest BCUT2D eigenvalue weighted by Gasteiger charge is -2.20. The Kier molecular flexibility index (Phi) is 5.95. The Balaban J connectivity index is 2.98. The predicted octanol–water partition coefficient (Wildman–Crippen LogP) is 3.34. The van der Waals surface area contributed by atoms with Gasteiger partial charge in [-0.2, -0.15) is 0 Å². The molecule has 0 heterocycles. The fourth-order valence-corrected chi connectivity index (χ4v) is 2.08. The largest absolute Gasteiger partial charge is 0.493 e. The first-order valence-electron chi connectivity index (χ1n) is 6.04. The van der Waals surface area contributed by atoms with Crippen molar-refractivity contribution in [1.29, 1.82) is 0 Å². The fourth-order valence-electron chi connectivity index (χ4n) is 1.66. The molecule has 0 fully saturated rings. The number of benzene rings is 1. The predicted molar refractivity (Wildman–Crippen MR) is 79.2 cm³/mol. The van der Waals surface area contributed by atoms with Crippen LogP contribution in [0, 0.1) is 0 Å². The van der Waals surface area contributed by atoms with Crippen LogP contribution in [0.15, 0.2) is 16.6 Å². The number of halogens is 1. The standard InChI is InChI=1S/C13H19BrN2O3/c1-5-16(6-2)13(17)15-10-8-12(19-4)11(18-3)7-9(10)14/h7-8H,5-6H2,1-4H3,(H,15,17). The van der Waals surface area contributed by atoms with Gasteiger partial charge in [-0.25, -0.2) is 4.79 Å². The number of hydrogen-bond acceptors (Lipinski definition) is 3. The minimum absolute atomic E-state index is 0.141. The Hall–Kier alpha value is -1.43. The Morgan fingerprint density at radius 2 is 1.74 bits per heavy atom. The van der Waals surface area contributed by atoms with Gasteiger partial charge in [-0.15, -0.1) is 0 Å². The van der Waals surface area contributed by atoms with E-state index in [9.17, 15) is 4.79 Å². The number of amides is 2. The molecule has 0 saturated carbocycles. The van der Waals surface area contributed by atoms with E-state index in [-0.39, 0.29) is 6.03 Å². The molecule has 0 unspecified atom stereocenters. The van der Waals surface area contributed by atoms with Crippen molar-refractivity contribution in [2.45, 2.75) is 13.8 Å². The molecule has 5 nitrogen and oxygen atoms in total. The first kappa shape index (κ1) is 15.6. The smallest absolute Gasteiger partial charge is 0.321 e. The molecule has 0 saturated heterocycles. The second-order valence-electron chi connectivity index (χ2n) is 3.79. The third-order valence-electron chi connectivity index (χ3n) is 2.77. The van der Waals surface area contributed by atoms with Crippen molar-refractivity contribution in [3.05, 3.63) is 16.6 Å². The van der Waals surface area contributed by atoms with Crippen molar-refractivity contribution in [3.63, 3.8) is 0 Å². The van der Waals surface area contributed by atoms with Gasteiger partial charge in [0.05, 0.1) is 19.9 Å². The number of urea groups is 1. The second-order valence-corrected chi connectivity index (χ2v) is 4.64. The molecule has 1 aromatic rings. The summed E-state index contributed by atoms with van der Waals surface area (Å²) in [5, 5.41) is 2.84. The summed E-state index contributed by atoms with van der Waals surface area (Å²) < 4.78 is 11.1. The van der Waals surface area contributed by atoms with Gasteiger partial charge in [-0.05, 0) is 29.8 Å². The maximum atomic E-state index is 12.0. The number of hydrogen-bond donors (Lipinski definition) is 1. The molecule has 2 amide bonds. The van der Waals surface area contributed by atoms with Gasteiger partial charge in [-0.3, -0.25) is 0 Å². The molecule has 0 aliphatic carbocycles. The van der Waals surface area contributed by atoms with Crippen molar-refractivity contribution in [2.75, 3.05) is 32.6 Å². The minimum atomic E-state index is -0.141.